The van der Waals surface area contributed by atoms with Gasteiger partial charge in [0.15, 0.2) is 0 Å². The second kappa shape index (κ2) is 7.08. The molecule has 0 saturated heterocycles. The Morgan fingerprint density at radius 3 is 2.65 bits per heavy atom. The molecule has 114 valence electrons. The maximum absolute atomic E-state index is 4.62. The third-order valence-corrected chi connectivity index (χ3v) is 5.04. The average Bonchev–Trinajstić information content (AvgIpc) is 3.17. The summed E-state index contributed by atoms with van der Waals surface area (Å²) >= 11 is 3.73. The molecule has 1 aliphatic carbocycles. The largest absolute Gasteiger partial charge is 0.314 e. The molecule has 1 fully saturated rings. The number of rotatable bonds is 8. The number of halogens is 1. The molecule has 0 amide bonds. The third kappa shape index (κ3) is 4.32. The predicted octanol–water partition coefficient (Wildman–Crippen LogP) is 3.93. The van der Waals surface area contributed by atoms with Crippen molar-refractivity contribution in [3.63, 3.8) is 0 Å². The lowest BCUT2D eigenvalue weighted by atomic mass is 9.92. The van der Waals surface area contributed by atoms with Gasteiger partial charge in [-0.2, -0.15) is 5.10 Å². The number of aryl methyl sites for hydroxylation is 2. The summed E-state index contributed by atoms with van der Waals surface area (Å²) in [5.74, 6) is 1.45. The van der Waals surface area contributed by atoms with E-state index in [4.69, 9.17) is 0 Å². The van der Waals surface area contributed by atoms with Crippen LogP contribution in [-0.4, -0.2) is 22.4 Å². The highest BCUT2D eigenvalue weighted by Crippen LogP contribution is 2.27. The smallest absolute Gasteiger partial charge is 0.0738 e. The van der Waals surface area contributed by atoms with Crippen molar-refractivity contribution >= 4 is 15.9 Å². The average molecular weight is 342 g/mol. The molecule has 1 aromatic heterocycles. The highest BCUT2D eigenvalue weighted by Gasteiger charge is 2.24. The van der Waals surface area contributed by atoms with Gasteiger partial charge < -0.3 is 5.32 Å². The monoisotopic (exact) mass is 341 g/mol. The summed E-state index contributed by atoms with van der Waals surface area (Å²) < 4.78 is 3.36. The molecule has 2 rings (SSSR count). The second-order valence-electron chi connectivity index (χ2n) is 6.54. The van der Waals surface area contributed by atoms with Gasteiger partial charge in [-0.1, -0.05) is 13.8 Å². The zero-order valence-corrected chi connectivity index (χ0v) is 14.8. The molecule has 1 atom stereocenters. The summed E-state index contributed by atoms with van der Waals surface area (Å²) in [6.45, 7) is 11.0. The minimum Gasteiger partial charge on any atom is -0.314 e. The number of hydrogen-bond acceptors (Lipinski definition) is 2. The van der Waals surface area contributed by atoms with Crippen molar-refractivity contribution in [3.05, 3.63) is 15.9 Å². The van der Waals surface area contributed by atoms with Crippen LogP contribution in [0.5, 0.6) is 0 Å². The van der Waals surface area contributed by atoms with E-state index in [1.807, 2.05) is 0 Å². The predicted molar refractivity (Wildman–Crippen MR) is 88.0 cm³/mol. The van der Waals surface area contributed by atoms with E-state index in [0.29, 0.717) is 5.92 Å². The van der Waals surface area contributed by atoms with Crippen LogP contribution >= 0.6 is 15.9 Å². The van der Waals surface area contributed by atoms with Crippen molar-refractivity contribution in [2.75, 3.05) is 6.54 Å². The lowest BCUT2D eigenvalue weighted by Gasteiger charge is -2.20. The van der Waals surface area contributed by atoms with E-state index < -0.39 is 0 Å². The van der Waals surface area contributed by atoms with E-state index in [1.165, 1.54) is 29.4 Å². The Labute approximate surface area is 131 Å². The first-order chi connectivity index (χ1) is 9.51. The highest BCUT2D eigenvalue weighted by molar-refractivity contribution is 9.10. The van der Waals surface area contributed by atoms with Gasteiger partial charge in [0.05, 0.1) is 15.9 Å². The van der Waals surface area contributed by atoms with Gasteiger partial charge in [0.2, 0.25) is 0 Å². The number of aromatic nitrogens is 2. The normalized spacial score (nSPS) is 16.9. The first-order valence-electron chi connectivity index (χ1n) is 7.96. The first kappa shape index (κ1) is 16.0. The topological polar surface area (TPSA) is 29.9 Å². The van der Waals surface area contributed by atoms with Crippen LogP contribution in [0.1, 0.15) is 51.4 Å². The Morgan fingerprint density at radius 2 is 2.10 bits per heavy atom. The van der Waals surface area contributed by atoms with Crippen molar-refractivity contribution in [1.29, 1.82) is 0 Å². The van der Waals surface area contributed by atoms with Crippen LogP contribution in [0.3, 0.4) is 0 Å². The summed E-state index contributed by atoms with van der Waals surface area (Å²) in [6.07, 6.45) is 5.13. The Balaban J connectivity index is 2.04. The van der Waals surface area contributed by atoms with Crippen molar-refractivity contribution in [1.82, 2.24) is 15.1 Å². The SMILES string of the molecule is CCn1nc(C)c(Br)c1CC(CNC1CC1)CC(C)C. The molecule has 0 radical (unpaired) electrons. The lowest BCUT2D eigenvalue weighted by molar-refractivity contribution is 0.374. The van der Waals surface area contributed by atoms with Crippen LogP contribution < -0.4 is 5.32 Å². The van der Waals surface area contributed by atoms with Crippen LogP contribution in [0.2, 0.25) is 0 Å². The number of hydrogen-bond donors (Lipinski definition) is 1. The molecular formula is C16H28BrN3. The van der Waals surface area contributed by atoms with Gasteiger partial charge in [-0.15, -0.1) is 0 Å². The molecule has 1 heterocycles. The molecule has 0 aromatic carbocycles. The highest BCUT2D eigenvalue weighted by atomic mass is 79.9. The van der Waals surface area contributed by atoms with E-state index in [2.05, 4.69) is 58.7 Å². The molecule has 1 unspecified atom stereocenters. The van der Waals surface area contributed by atoms with E-state index in [1.54, 1.807) is 0 Å². The van der Waals surface area contributed by atoms with Gasteiger partial charge in [0.1, 0.15) is 0 Å². The first-order valence-corrected chi connectivity index (χ1v) is 8.75. The van der Waals surface area contributed by atoms with Gasteiger partial charge in [-0.05, 0) is 73.8 Å². The molecule has 3 nitrogen and oxygen atoms in total. The number of nitrogens with zero attached hydrogens (tertiary/aromatic N) is 2. The van der Waals surface area contributed by atoms with Crippen LogP contribution in [0, 0.1) is 18.8 Å². The van der Waals surface area contributed by atoms with E-state index in [-0.39, 0.29) is 0 Å². The minimum atomic E-state index is 0.702. The number of nitrogens with one attached hydrogen (secondary N) is 1. The van der Waals surface area contributed by atoms with Crippen LogP contribution in [-0.2, 0) is 13.0 Å². The molecule has 1 saturated carbocycles. The molecule has 0 aliphatic heterocycles. The quantitative estimate of drug-likeness (QED) is 0.776. The van der Waals surface area contributed by atoms with Crippen molar-refractivity contribution < 1.29 is 0 Å². The summed E-state index contributed by atoms with van der Waals surface area (Å²) in [7, 11) is 0. The third-order valence-electron chi connectivity index (χ3n) is 4.01. The second-order valence-corrected chi connectivity index (χ2v) is 7.34. The fourth-order valence-corrected chi connectivity index (χ4v) is 3.31. The molecule has 1 aromatic rings. The van der Waals surface area contributed by atoms with Gasteiger partial charge in [0.25, 0.3) is 0 Å². The van der Waals surface area contributed by atoms with E-state index in [9.17, 15) is 0 Å². The summed E-state index contributed by atoms with van der Waals surface area (Å²) in [5.41, 5.74) is 2.48. The Hall–Kier alpha value is -0.350. The van der Waals surface area contributed by atoms with E-state index >= 15 is 0 Å². The Kier molecular flexibility index (Phi) is 5.67. The minimum absolute atomic E-state index is 0.702. The van der Waals surface area contributed by atoms with Crippen LogP contribution in [0.4, 0.5) is 0 Å². The van der Waals surface area contributed by atoms with Gasteiger partial charge in [-0.3, -0.25) is 4.68 Å². The fourth-order valence-electron chi connectivity index (χ4n) is 2.86. The molecule has 0 bridgehead atoms. The summed E-state index contributed by atoms with van der Waals surface area (Å²) in [4.78, 5) is 0. The fraction of sp³-hybridized carbons (Fsp3) is 0.812. The summed E-state index contributed by atoms with van der Waals surface area (Å²) in [6, 6.07) is 0.797. The molecule has 4 heteroatoms. The molecule has 1 N–H and O–H groups in total. The molecule has 1 aliphatic rings. The lowest BCUT2D eigenvalue weighted by Crippen LogP contribution is -2.27. The molecule has 0 spiro atoms. The van der Waals surface area contributed by atoms with Crippen molar-refractivity contribution in [2.45, 2.75) is 66.0 Å². The van der Waals surface area contributed by atoms with Crippen molar-refractivity contribution in [3.8, 4) is 0 Å². The standard InChI is InChI=1S/C16H28BrN3/c1-5-20-15(16(17)12(4)19-20)9-13(8-11(2)3)10-18-14-6-7-14/h11,13-14,18H,5-10H2,1-4H3. The molecule has 20 heavy (non-hydrogen) atoms. The Bertz CT molecular complexity index is 435. The zero-order chi connectivity index (χ0) is 14.7. The zero-order valence-electron chi connectivity index (χ0n) is 13.2. The maximum Gasteiger partial charge on any atom is 0.0738 e. The van der Waals surface area contributed by atoms with Crippen molar-refractivity contribution in [2.24, 2.45) is 11.8 Å². The maximum atomic E-state index is 4.62. The summed E-state index contributed by atoms with van der Waals surface area (Å²) in [5, 5.41) is 8.32. The van der Waals surface area contributed by atoms with Crippen LogP contribution in [0.25, 0.3) is 0 Å². The Morgan fingerprint density at radius 1 is 1.40 bits per heavy atom. The van der Waals surface area contributed by atoms with Gasteiger partial charge >= 0.3 is 0 Å². The van der Waals surface area contributed by atoms with Crippen LogP contribution in [0.15, 0.2) is 4.47 Å². The molecular weight excluding hydrogens is 314 g/mol. The van der Waals surface area contributed by atoms with E-state index in [0.717, 1.165) is 37.2 Å². The van der Waals surface area contributed by atoms with Gasteiger partial charge in [-0.25, -0.2) is 0 Å². The van der Waals surface area contributed by atoms with Gasteiger partial charge in [0, 0.05) is 12.6 Å².